The van der Waals surface area contributed by atoms with Gasteiger partial charge in [-0.3, -0.25) is 4.79 Å². The van der Waals surface area contributed by atoms with Gasteiger partial charge in [-0.05, 0) is 53.0 Å². The minimum Gasteiger partial charge on any atom is -0.354 e. The van der Waals surface area contributed by atoms with Crippen LogP contribution in [-0.2, 0) is 0 Å². The summed E-state index contributed by atoms with van der Waals surface area (Å²) in [4.78, 5) is 12.2. The molecular weight excluding hydrogens is 400 g/mol. The van der Waals surface area contributed by atoms with Crippen molar-refractivity contribution in [3.05, 3.63) is 38.9 Å². The first-order valence-corrected chi connectivity index (χ1v) is 8.45. The molecule has 0 bridgehead atoms. The number of hydrogen-bond donors (Lipinski definition) is 1. The van der Waals surface area contributed by atoms with Crippen molar-refractivity contribution < 1.29 is 9.32 Å². The molecule has 1 fully saturated rings. The van der Waals surface area contributed by atoms with Gasteiger partial charge in [0.2, 0.25) is 0 Å². The summed E-state index contributed by atoms with van der Waals surface area (Å²) in [5, 5.41) is 6.92. The van der Waals surface area contributed by atoms with E-state index in [0.717, 1.165) is 22.9 Å². The lowest BCUT2D eigenvalue weighted by Gasteiger charge is -2.09. The summed E-state index contributed by atoms with van der Waals surface area (Å²) in [6.07, 6.45) is 4.44. The molecule has 1 amide bonds. The highest BCUT2D eigenvalue weighted by Crippen LogP contribution is 2.32. The summed E-state index contributed by atoms with van der Waals surface area (Å²) in [5.74, 6) is 0.389. The van der Waals surface area contributed by atoms with Crippen molar-refractivity contribution in [2.75, 3.05) is 0 Å². The van der Waals surface area contributed by atoms with Crippen molar-refractivity contribution in [2.24, 2.45) is 0 Å². The number of halogens is 2. The van der Waals surface area contributed by atoms with Gasteiger partial charge in [0, 0.05) is 16.1 Å². The average Bonchev–Trinajstić information content (AvgIpc) is 3.09. The first-order valence-electron chi connectivity index (χ1n) is 6.87. The quantitative estimate of drug-likeness (QED) is 0.803. The molecule has 1 aliphatic carbocycles. The van der Waals surface area contributed by atoms with Crippen LogP contribution in [0, 0.1) is 0 Å². The van der Waals surface area contributed by atoms with Gasteiger partial charge >= 0.3 is 0 Å². The Kier molecular flexibility index (Phi) is 4.45. The summed E-state index contributed by atoms with van der Waals surface area (Å²) in [6, 6.07) is 7.92. The van der Waals surface area contributed by atoms with E-state index in [1.807, 2.05) is 24.3 Å². The zero-order valence-corrected chi connectivity index (χ0v) is 14.4. The fourth-order valence-corrected chi connectivity index (χ4v) is 3.34. The van der Waals surface area contributed by atoms with Gasteiger partial charge in [-0.15, -0.1) is 0 Å². The van der Waals surface area contributed by atoms with E-state index in [0.29, 0.717) is 15.9 Å². The van der Waals surface area contributed by atoms with Crippen LogP contribution in [-0.4, -0.2) is 17.1 Å². The summed E-state index contributed by atoms with van der Waals surface area (Å²) >= 11 is 6.82. The molecular formula is C15H14Br2N2O2. The number of benzene rings is 1. The van der Waals surface area contributed by atoms with Crippen LogP contribution in [0.5, 0.6) is 0 Å². The number of carbonyl (C=O) groups excluding carboxylic acids is 1. The normalized spacial score (nSPS) is 15.3. The molecule has 1 aromatic heterocycles. The lowest BCUT2D eigenvalue weighted by atomic mass is 10.1. The van der Waals surface area contributed by atoms with Crippen LogP contribution in [0.15, 0.2) is 37.7 Å². The summed E-state index contributed by atoms with van der Waals surface area (Å²) in [5.41, 5.74) is 1.18. The SMILES string of the molecule is O=C(NC1CCCC1)c1noc(-c2ccc(Br)cc2)c1Br. The Labute approximate surface area is 139 Å². The molecule has 0 atom stereocenters. The number of aromatic nitrogens is 1. The first-order chi connectivity index (χ1) is 10.1. The monoisotopic (exact) mass is 412 g/mol. The number of rotatable bonds is 3. The Bertz CT molecular complexity index is 646. The highest BCUT2D eigenvalue weighted by atomic mass is 79.9. The Morgan fingerprint density at radius 2 is 1.86 bits per heavy atom. The van der Waals surface area contributed by atoms with Crippen molar-refractivity contribution in [3.63, 3.8) is 0 Å². The van der Waals surface area contributed by atoms with Crippen LogP contribution in [0.3, 0.4) is 0 Å². The van der Waals surface area contributed by atoms with E-state index in [1.165, 1.54) is 12.8 Å². The molecule has 3 rings (SSSR count). The van der Waals surface area contributed by atoms with Crippen LogP contribution in [0.2, 0.25) is 0 Å². The first kappa shape index (κ1) is 14.8. The third-order valence-corrected chi connectivity index (χ3v) is 4.91. The third-order valence-electron chi connectivity index (χ3n) is 3.65. The maximum Gasteiger partial charge on any atom is 0.274 e. The summed E-state index contributed by atoms with van der Waals surface area (Å²) in [7, 11) is 0. The molecule has 2 aromatic rings. The van der Waals surface area contributed by atoms with Gasteiger partial charge in [0.05, 0.1) is 4.47 Å². The molecule has 0 radical (unpaired) electrons. The van der Waals surface area contributed by atoms with Crippen molar-refractivity contribution in [1.82, 2.24) is 10.5 Å². The fraction of sp³-hybridized carbons (Fsp3) is 0.333. The van der Waals surface area contributed by atoms with E-state index in [1.54, 1.807) is 0 Å². The Morgan fingerprint density at radius 3 is 2.52 bits per heavy atom. The second-order valence-electron chi connectivity index (χ2n) is 5.14. The average molecular weight is 414 g/mol. The van der Waals surface area contributed by atoms with Gasteiger partial charge in [-0.1, -0.05) is 33.9 Å². The van der Waals surface area contributed by atoms with E-state index in [-0.39, 0.29) is 11.9 Å². The van der Waals surface area contributed by atoms with Crippen molar-refractivity contribution >= 4 is 37.8 Å². The molecule has 21 heavy (non-hydrogen) atoms. The van der Waals surface area contributed by atoms with Gasteiger partial charge in [0.1, 0.15) is 0 Å². The highest BCUT2D eigenvalue weighted by molar-refractivity contribution is 9.11. The van der Waals surface area contributed by atoms with Gasteiger partial charge in [-0.25, -0.2) is 0 Å². The number of amides is 1. The largest absolute Gasteiger partial charge is 0.354 e. The predicted octanol–water partition coefficient (Wildman–Crippen LogP) is 4.54. The Balaban J connectivity index is 1.81. The van der Waals surface area contributed by atoms with Crippen molar-refractivity contribution in [3.8, 4) is 11.3 Å². The second-order valence-corrected chi connectivity index (χ2v) is 6.84. The summed E-state index contributed by atoms with van der Waals surface area (Å²) < 4.78 is 6.92. The number of carbonyl (C=O) groups is 1. The topological polar surface area (TPSA) is 55.1 Å². The van der Waals surface area contributed by atoms with Gasteiger partial charge in [0.15, 0.2) is 11.5 Å². The minimum absolute atomic E-state index is 0.180. The maximum absolute atomic E-state index is 12.2. The lowest BCUT2D eigenvalue weighted by Crippen LogP contribution is -2.32. The number of hydrogen-bond acceptors (Lipinski definition) is 3. The van der Waals surface area contributed by atoms with Crippen LogP contribution in [0.25, 0.3) is 11.3 Å². The standard InChI is InChI=1S/C15H14Br2N2O2/c16-10-7-5-9(6-8-10)14-12(17)13(19-21-14)15(20)18-11-3-1-2-4-11/h5-8,11H,1-4H2,(H,18,20). The van der Waals surface area contributed by atoms with E-state index in [2.05, 4.69) is 42.3 Å². The third kappa shape index (κ3) is 3.21. The molecule has 0 saturated heterocycles. The number of nitrogens with zero attached hydrogens (tertiary/aromatic N) is 1. The minimum atomic E-state index is -0.180. The maximum atomic E-state index is 12.2. The van der Waals surface area contributed by atoms with E-state index in [9.17, 15) is 4.79 Å². The van der Waals surface area contributed by atoms with E-state index in [4.69, 9.17) is 4.52 Å². The van der Waals surface area contributed by atoms with Crippen LogP contribution in [0.4, 0.5) is 0 Å². The van der Waals surface area contributed by atoms with Crippen LogP contribution < -0.4 is 5.32 Å². The van der Waals surface area contributed by atoms with Gasteiger partial charge in [-0.2, -0.15) is 0 Å². The Hall–Kier alpha value is -1.14. The molecule has 6 heteroatoms. The number of nitrogens with one attached hydrogen (secondary N) is 1. The van der Waals surface area contributed by atoms with Crippen LogP contribution >= 0.6 is 31.9 Å². The van der Waals surface area contributed by atoms with E-state index < -0.39 is 0 Å². The molecule has 4 nitrogen and oxygen atoms in total. The smallest absolute Gasteiger partial charge is 0.274 e. The summed E-state index contributed by atoms with van der Waals surface area (Å²) in [6.45, 7) is 0. The van der Waals surface area contributed by atoms with Crippen LogP contribution in [0.1, 0.15) is 36.2 Å². The van der Waals surface area contributed by atoms with Crippen molar-refractivity contribution in [2.45, 2.75) is 31.7 Å². The van der Waals surface area contributed by atoms with Gasteiger partial charge < -0.3 is 9.84 Å². The van der Waals surface area contributed by atoms with E-state index >= 15 is 0 Å². The molecule has 1 aromatic carbocycles. The second kappa shape index (κ2) is 6.32. The molecule has 110 valence electrons. The highest BCUT2D eigenvalue weighted by Gasteiger charge is 2.24. The molecule has 1 heterocycles. The lowest BCUT2D eigenvalue weighted by molar-refractivity contribution is 0.0928. The molecule has 1 aliphatic rings. The zero-order chi connectivity index (χ0) is 14.8. The van der Waals surface area contributed by atoms with Crippen molar-refractivity contribution in [1.29, 1.82) is 0 Å². The molecule has 1 saturated carbocycles. The predicted molar refractivity (Wildman–Crippen MR) is 87.1 cm³/mol. The zero-order valence-electron chi connectivity index (χ0n) is 11.2. The molecule has 0 unspecified atom stereocenters. The Morgan fingerprint density at radius 1 is 1.19 bits per heavy atom. The van der Waals surface area contributed by atoms with Gasteiger partial charge in [0.25, 0.3) is 5.91 Å². The molecule has 0 aliphatic heterocycles. The molecule has 1 N–H and O–H groups in total. The molecule has 0 spiro atoms. The fourth-order valence-electron chi connectivity index (χ4n) is 2.52.